The summed E-state index contributed by atoms with van der Waals surface area (Å²) in [5.41, 5.74) is 3.12. The Morgan fingerprint density at radius 3 is 2.11 bits per heavy atom. The van der Waals surface area contributed by atoms with E-state index in [4.69, 9.17) is 4.74 Å². The lowest BCUT2D eigenvalue weighted by Crippen LogP contribution is -2.29. The Kier molecular flexibility index (Phi) is 6.07. The van der Waals surface area contributed by atoms with Crippen molar-refractivity contribution in [2.24, 2.45) is 0 Å². The summed E-state index contributed by atoms with van der Waals surface area (Å²) in [6.45, 7) is 3.90. The zero-order valence-electron chi connectivity index (χ0n) is 15.9. The molecule has 0 heterocycles. The van der Waals surface area contributed by atoms with Crippen LogP contribution in [0.2, 0.25) is 0 Å². The number of carbonyl (C=O) groups is 2. The Labute approximate surface area is 164 Å². The van der Waals surface area contributed by atoms with Crippen LogP contribution in [-0.2, 0) is 16.0 Å². The molecule has 3 aromatic carbocycles. The van der Waals surface area contributed by atoms with Crippen LogP contribution in [0.3, 0.4) is 0 Å². The van der Waals surface area contributed by atoms with Gasteiger partial charge in [0.15, 0.2) is 0 Å². The molecule has 0 spiro atoms. The van der Waals surface area contributed by atoms with Crippen LogP contribution in [0.25, 0.3) is 0 Å². The van der Waals surface area contributed by atoms with Gasteiger partial charge in [-0.1, -0.05) is 43.3 Å². The van der Waals surface area contributed by atoms with Crippen molar-refractivity contribution in [3.63, 3.8) is 0 Å². The highest BCUT2D eigenvalue weighted by Crippen LogP contribution is 2.23. The summed E-state index contributed by atoms with van der Waals surface area (Å²) < 4.78 is 5.71. The van der Waals surface area contributed by atoms with Crippen molar-refractivity contribution in [1.29, 1.82) is 0 Å². The molecule has 5 heteroatoms. The van der Waals surface area contributed by atoms with Crippen LogP contribution in [0.4, 0.5) is 11.4 Å². The fraction of sp³-hybridized carbons (Fsp3) is 0.130. The molecule has 0 saturated carbocycles. The van der Waals surface area contributed by atoms with Gasteiger partial charge in [-0.05, 0) is 60.9 Å². The third-order valence-corrected chi connectivity index (χ3v) is 4.28. The van der Waals surface area contributed by atoms with E-state index < -0.39 is 11.8 Å². The van der Waals surface area contributed by atoms with E-state index in [1.54, 1.807) is 24.3 Å². The van der Waals surface area contributed by atoms with Gasteiger partial charge in [-0.2, -0.15) is 0 Å². The topological polar surface area (TPSA) is 67.4 Å². The molecule has 0 aliphatic rings. The molecule has 0 aliphatic carbocycles. The minimum Gasteiger partial charge on any atom is -0.457 e. The molecule has 5 nitrogen and oxygen atoms in total. The molecule has 3 rings (SSSR count). The van der Waals surface area contributed by atoms with Gasteiger partial charge in [0.25, 0.3) is 0 Å². The largest absolute Gasteiger partial charge is 0.457 e. The van der Waals surface area contributed by atoms with Gasteiger partial charge in [-0.25, -0.2) is 0 Å². The molecule has 0 fully saturated rings. The molecule has 0 saturated heterocycles. The van der Waals surface area contributed by atoms with Crippen molar-refractivity contribution in [3.05, 3.63) is 83.9 Å². The zero-order valence-corrected chi connectivity index (χ0v) is 15.9. The first-order valence-electron chi connectivity index (χ1n) is 9.10. The van der Waals surface area contributed by atoms with E-state index >= 15 is 0 Å². The summed E-state index contributed by atoms with van der Waals surface area (Å²) in [6, 6.07) is 22.0. The fourth-order valence-corrected chi connectivity index (χ4v) is 2.79. The third kappa shape index (κ3) is 4.76. The molecule has 3 aromatic rings. The quantitative estimate of drug-likeness (QED) is 0.623. The number of rotatable bonds is 5. The van der Waals surface area contributed by atoms with Crippen molar-refractivity contribution < 1.29 is 14.3 Å². The van der Waals surface area contributed by atoms with Gasteiger partial charge >= 0.3 is 11.8 Å². The first kappa shape index (κ1) is 19.2. The van der Waals surface area contributed by atoms with Crippen LogP contribution >= 0.6 is 0 Å². The van der Waals surface area contributed by atoms with Gasteiger partial charge < -0.3 is 15.4 Å². The SMILES string of the molecule is CCc1cccc(C)c1NC(=O)C(=O)Nc1ccc(Oc2ccccc2)cc1. The first-order chi connectivity index (χ1) is 13.6. The van der Waals surface area contributed by atoms with E-state index in [2.05, 4.69) is 10.6 Å². The molecular formula is C23H22N2O3. The molecule has 0 aromatic heterocycles. The lowest BCUT2D eigenvalue weighted by atomic mass is 10.1. The predicted molar refractivity (Wildman–Crippen MR) is 111 cm³/mol. The third-order valence-electron chi connectivity index (χ3n) is 4.28. The predicted octanol–water partition coefficient (Wildman–Crippen LogP) is 4.93. The Hall–Kier alpha value is -3.60. The van der Waals surface area contributed by atoms with Crippen molar-refractivity contribution in [3.8, 4) is 11.5 Å². The lowest BCUT2D eigenvalue weighted by Gasteiger charge is -2.13. The van der Waals surface area contributed by atoms with Crippen LogP contribution in [0.15, 0.2) is 72.8 Å². The molecule has 0 bridgehead atoms. The monoisotopic (exact) mass is 374 g/mol. The first-order valence-corrected chi connectivity index (χ1v) is 9.10. The lowest BCUT2D eigenvalue weighted by molar-refractivity contribution is -0.133. The second-order valence-corrected chi connectivity index (χ2v) is 6.31. The Morgan fingerprint density at radius 2 is 1.43 bits per heavy atom. The smallest absolute Gasteiger partial charge is 0.314 e. The van der Waals surface area contributed by atoms with Gasteiger partial charge in [0.1, 0.15) is 11.5 Å². The molecule has 0 radical (unpaired) electrons. The summed E-state index contributed by atoms with van der Waals surface area (Å²) in [4.78, 5) is 24.5. The van der Waals surface area contributed by atoms with Crippen molar-refractivity contribution in [2.75, 3.05) is 10.6 Å². The van der Waals surface area contributed by atoms with Crippen molar-refractivity contribution >= 4 is 23.2 Å². The standard InChI is InChI=1S/C23H22N2O3/c1-3-17-9-7-8-16(2)21(17)25-23(27)22(26)24-18-12-14-20(15-13-18)28-19-10-5-4-6-11-19/h4-15H,3H2,1-2H3,(H,24,26)(H,25,27). The van der Waals surface area contributed by atoms with Gasteiger partial charge in [-0.15, -0.1) is 0 Å². The molecular weight excluding hydrogens is 352 g/mol. The minimum atomic E-state index is -0.720. The van der Waals surface area contributed by atoms with Gasteiger partial charge in [0.05, 0.1) is 0 Å². The van der Waals surface area contributed by atoms with Crippen LogP contribution < -0.4 is 15.4 Å². The Morgan fingerprint density at radius 1 is 0.786 bits per heavy atom. The molecule has 0 aliphatic heterocycles. The Bertz CT molecular complexity index is 967. The number of nitrogens with one attached hydrogen (secondary N) is 2. The number of carbonyl (C=O) groups excluding carboxylic acids is 2. The maximum absolute atomic E-state index is 12.3. The van der Waals surface area contributed by atoms with E-state index in [9.17, 15) is 9.59 Å². The van der Waals surface area contributed by atoms with E-state index in [0.29, 0.717) is 17.1 Å². The number of anilines is 2. The summed E-state index contributed by atoms with van der Waals surface area (Å²) in [5.74, 6) is -0.0552. The second kappa shape index (κ2) is 8.86. The normalized spacial score (nSPS) is 10.2. The zero-order chi connectivity index (χ0) is 19.9. The number of benzene rings is 3. The van der Waals surface area contributed by atoms with Crippen LogP contribution in [0.5, 0.6) is 11.5 Å². The molecule has 2 N–H and O–H groups in total. The number of hydrogen-bond acceptors (Lipinski definition) is 3. The average molecular weight is 374 g/mol. The minimum absolute atomic E-state index is 0.515. The summed E-state index contributed by atoms with van der Waals surface area (Å²) in [7, 11) is 0. The van der Waals surface area contributed by atoms with Crippen molar-refractivity contribution in [2.45, 2.75) is 20.3 Å². The van der Waals surface area contributed by atoms with E-state index in [0.717, 1.165) is 23.3 Å². The summed E-state index contributed by atoms with van der Waals surface area (Å²) in [6.07, 6.45) is 0.766. The van der Waals surface area contributed by atoms with E-state index in [1.165, 1.54) is 0 Å². The van der Waals surface area contributed by atoms with Crippen LogP contribution in [-0.4, -0.2) is 11.8 Å². The summed E-state index contributed by atoms with van der Waals surface area (Å²) >= 11 is 0. The average Bonchev–Trinajstić information content (AvgIpc) is 2.71. The van der Waals surface area contributed by atoms with Crippen LogP contribution in [0.1, 0.15) is 18.1 Å². The maximum atomic E-state index is 12.3. The van der Waals surface area contributed by atoms with Crippen LogP contribution in [0, 0.1) is 6.92 Å². The molecule has 0 atom stereocenters. The van der Waals surface area contributed by atoms with Gasteiger partial charge in [0.2, 0.25) is 0 Å². The molecule has 2 amide bonds. The van der Waals surface area contributed by atoms with Gasteiger partial charge in [0, 0.05) is 11.4 Å². The molecule has 0 unspecified atom stereocenters. The maximum Gasteiger partial charge on any atom is 0.314 e. The summed E-state index contributed by atoms with van der Waals surface area (Å²) in [5, 5.41) is 5.32. The highest BCUT2D eigenvalue weighted by Gasteiger charge is 2.16. The fourth-order valence-electron chi connectivity index (χ4n) is 2.79. The van der Waals surface area contributed by atoms with E-state index in [-0.39, 0.29) is 0 Å². The number of aryl methyl sites for hydroxylation is 2. The highest BCUT2D eigenvalue weighted by atomic mass is 16.5. The molecule has 28 heavy (non-hydrogen) atoms. The highest BCUT2D eigenvalue weighted by molar-refractivity contribution is 6.43. The number of ether oxygens (including phenoxy) is 1. The van der Waals surface area contributed by atoms with E-state index in [1.807, 2.05) is 62.4 Å². The van der Waals surface area contributed by atoms with Crippen molar-refractivity contribution in [1.82, 2.24) is 0 Å². The second-order valence-electron chi connectivity index (χ2n) is 6.31. The number of para-hydroxylation sites is 2. The number of hydrogen-bond donors (Lipinski definition) is 2. The number of amides is 2. The van der Waals surface area contributed by atoms with Gasteiger partial charge in [-0.3, -0.25) is 9.59 Å². The molecule has 142 valence electrons. The Balaban J connectivity index is 1.62.